The second-order valence-corrected chi connectivity index (χ2v) is 19.9. The van der Waals surface area contributed by atoms with E-state index in [0.29, 0.717) is 23.0 Å². The molecule has 11 aromatic rings. The van der Waals surface area contributed by atoms with Gasteiger partial charge in [-0.05, 0) is 186 Å². The number of hydrogen-bond donors (Lipinski definition) is 0. The van der Waals surface area contributed by atoms with Crippen molar-refractivity contribution >= 4 is 66.4 Å². The van der Waals surface area contributed by atoms with Gasteiger partial charge in [0.2, 0.25) is 0 Å². The van der Waals surface area contributed by atoms with E-state index in [2.05, 4.69) is 244 Å². The van der Waals surface area contributed by atoms with E-state index in [1.54, 1.807) is 0 Å². The summed E-state index contributed by atoms with van der Waals surface area (Å²) in [5, 5.41) is 26.6. The summed E-state index contributed by atoms with van der Waals surface area (Å²) in [6.07, 6.45) is 0. The van der Waals surface area contributed by atoms with Crippen molar-refractivity contribution < 1.29 is 0 Å². The zero-order chi connectivity index (χ0) is 49.8. The van der Waals surface area contributed by atoms with Crippen LogP contribution < -0.4 is 9.80 Å². The molecule has 0 aromatic heterocycles. The van der Waals surface area contributed by atoms with E-state index in [-0.39, 0.29) is 0 Å². The third-order valence-electron chi connectivity index (χ3n) is 15.1. The van der Waals surface area contributed by atoms with Crippen molar-refractivity contribution in [2.45, 2.75) is 44.9 Å². The zero-order valence-electron chi connectivity index (χ0n) is 41.4. The molecule has 1 aliphatic carbocycles. The van der Waals surface area contributed by atoms with Gasteiger partial charge in [-0.1, -0.05) is 161 Å². The summed E-state index contributed by atoms with van der Waals surface area (Å²) in [5.41, 5.74) is 16.6. The highest BCUT2D eigenvalue weighted by molar-refractivity contribution is 6.21. The lowest BCUT2D eigenvalue weighted by Crippen LogP contribution is -2.29. The standard InChI is InChI=1S/C69H52N4/c1-45(2)49-23-32-56(33-24-49)72(54-28-19-47(43-70)20-29-54)58-36-39-60-51(41-58)27-38-64-66-62-18-12-11-17-61(62)65-42-59(73(55-30-21-48(44-71)22-31-55)57-34-25-50(26-35-57)46(3)4)37-40-63(65)68(66)69(67(60)64,52-13-7-5-8-14-52)53-15-9-6-10-16-53/h5-42,45-46H,1-4H3. The fourth-order valence-electron chi connectivity index (χ4n) is 11.6. The highest BCUT2D eigenvalue weighted by atomic mass is 15.1. The number of rotatable bonds is 10. The molecular formula is C69H52N4. The van der Waals surface area contributed by atoms with Gasteiger partial charge in [0, 0.05) is 34.1 Å². The topological polar surface area (TPSA) is 54.1 Å². The Morgan fingerprint density at radius 1 is 0.356 bits per heavy atom. The van der Waals surface area contributed by atoms with Gasteiger partial charge in [0.1, 0.15) is 0 Å². The minimum absolute atomic E-state index is 0.403. The van der Waals surface area contributed by atoms with Gasteiger partial charge in [-0.25, -0.2) is 0 Å². The minimum Gasteiger partial charge on any atom is -0.310 e. The van der Waals surface area contributed by atoms with Crippen LogP contribution in [0.5, 0.6) is 0 Å². The molecule has 0 N–H and O–H groups in total. The van der Waals surface area contributed by atoms with Crippen LogP contribution in [0.3, 0.4) is 0 Å². The van der Waals surface area contributed by atoms with Gasteiger partial charge in [-0.3, -0.25) is 0 Å². The molecule has 4 nitrogen and oxygen atoms in total. The van der Waals surface area contributed by atoms with E-state index in [4.69, 9.17) is 0 Å². The summed E-state index contributed by atoms with van der Waals surface area (Å²) < 4.78 is 0. The third kappa shape index (κ3) is 7.42. The molecule has 4 heteroatoms. The van der Waals surface area contributed by atoms with Crippen molar-refractivity contribution in [1.82, 2.24) is 0 Å². The van der Waals surface area contributed by atoms with E-state index in [1.807, 2.05) is 36.4 Å². The van der Waals surface area contributed by atoms with E-state index in [1.165, 1.54) is 71.4 Å². The fraction of sp³-hybridized carbons (Fsp3) is 0.101. The molecule has 0 saturated heterocycles. The van der Waals surface area contributed by atoms with Crippen LogP contribution in [0.25, 0.3) is 43.4 Å². The van der Waals surface area contributed by atoms with Gasteiger partial charge in [-0.15, -0.1) is 0 Å². The Balaban J connectivity index is 1.14. The van der Waals surface area contributed by atoms with E-state index < -0.39 is 5.41 Å². The first-order valence-corrected chi connectivity index (χ1v) is 25.2. The average molecular weight is 937 g/mol. The average Bonchev–Trinajstić information content (AvgIpc) is 3.79. The van der Waals surface area contributed by atoms with E-state index in [9.17, 15) is 10.5 Å². The number of anilines is 6. The lowest BCUT2D eigenvalue weighted by molar-refractivity contribution is 0.783. The summed E-state index contributed by atoms with van der Waals surface area (Å²) in [6, 6.07) is 88.0. The number of benzene rings is 11. The summed E-state index contributed by atoms with van der Waals surface area (Å²) in [6.45, 7) is 8.90. The first-order valence-electron chi connectivity index (χ1n) is 25.2. The van der Waals surface area contributed by atoms with E-state index in [0.717, 1.165) is 39.5 Å². The molecule has 73 heavy (non-hydrogen) atoms. The van der Waals surface area contributed by atoms with Gasteiger partial charge >= 0.3 is 0 Å². The van der Waals surface area contributed by atoms with Gasteiger partial charge < -0.3 is 9.80 Å². The van der Waals surface area contributed by atoms with Crippen LogP contribution in [-0.2, 0) is 5.41 Å². The number of nitrogens with zero attached hydrogens (tertiary/aromatic N) is 4. The Hall–Kier alpha value is -9.22. The fourth-order valence-corrected chi connectivity index (χ4v) is 11.6. The van der Waals surface area contributed by atoms with Gasteiger partial charge in [0.25, 0.3) is 0 Å². The Morgan fingerprint density at radius 3 is 1.26 bits per heavy atom. The van der Waals surface area contributed by atoms with Gasteiger partial charge in [-0.2, -0.15) is 10.5 Å². The van der Waals surface area contributed by atoms with Crippen LogP contribution in [0.15, 0.2) is 231 Å². The number of fused-ring (bicyclic) bond motifs is 10. The molecule has 0 spiro atoms. The minimum atomic E-state index is -0.725. The van der Waals surface area contributed by atoms with Crippen LogP contribution in [0.2, 0.25) is 0 Å². The molecular weight excluding hydrogens is 885 g/mol. The maximum absolute atomic E-state index is 9.79. The van der Waals surface area contributed by atoms with Crippen LogP contribution >= 0.6 is 0 Å². The van der Waals surface area contributed by atoms with Crippen molar-refractivity contribution in [1.29, 1.82) is 10.5 Å². The highest BCUT2D eigenvalue weighted by Gasteiger charge is 2.49. The summed E-state index contributed by atoms with van der Waals surface area (Å²) >= 11 is 0. The first kappa shape index (κ1) is 45.0. The molecule has 0 heterocycles. The molecule has 0 saturated carbocycles. The molecule has 0 radical (unpaired) electrons. The lowest BCUT2D eigenvalue weighted by atomic mass is 9.65. The molecule has 1 aliphatic rings. The Morgan fingerprint density at radius 2 is 0.781 bits per heavy atom. The van der Waals surface area contributed by atoms with Crippen LogP contribution in [0.1, 0.15) is 84.0 Å². The summed E-state index contributed by atoms with van der Waals surface area (Å²) in [7, 11) is 0. The number of nitriles is 2. The van der Waals surface area contributed by atoms with Gasteiger partial charge in [0.15, 0.2) is 0 Å². The quantitative estimate of drug-likeness (QED) is 0.128. The SMILES string of the molecule is CC(C)c1ccc(N(c2ccc(C#N)cc2)c2ccc3c4c(ccc3c2)-c2c(c3ccc(N(c5ccc(C#N)cc5)c5ccc(C(C)C)cc5)cc3c3ccccc23)C4(c2ccccc2)c2ccccc2)cc1. The maximum atomic E-state index is 9.79. The molecule has 0 amide bonds. The normalized spacial score (nSPS) is 12.4. The monoisotopic (exact) mass is 936 g/mol. The molecule has 0 bridgehead atoms. The zero-order valence-corrected chi connectivity index (χ0v) is 41.4. The van der Waals surface area contributed by atoms with Gasteiger partial charge in [0.05, 0.1) is 28.7 Å². The van der Waals surface area contributed by atoms with Crippen LogP contribution in [0, 0.1) is 22.7 Å². The molecule has 348 valence electrons. The van der Waals surface area contributed by atoms with Crippen molar-refractivity contribution in [2.24, 2.45) is 0 Å². The Kier molecular flexibility index (Phi) is 11.2. The molecule has 0 atom stereocenters. The second kappa shape index (κ2) is 18.2. The Labute approximate surface area is 427 Å². The van der Waals surface area contributed by atoms with E-state index >= 15 is 0 Å². The first-order chi connectivity index (χ1) is 35.8. The molecule has 0 aliphatic heterocycles. The molecule has 12 rings (SSSR count). The van der Waals surface area contributed by atoms with Crippen LogP contribution in [0.4, 0.5) is 34.1 Å². The predicted octanol–water partition coefficient (Wildman–Crippen LogP) is 18.4. The second-order valence-electron chi connectivity index (χ2n) is 19.9. The van der Waals surface area contributed by atoms with Crippen molar-refractivity contribution in [3.63, 3.8) is 0 Å². The molecule has 0 fully saturated rings. The number of hydrogen-bond acceptors (Lipinski definition) is 4. The molecule has 11 aromatic carbocycles. The summed E-state index contributed by atoms with van der Waals surface area (Å²) in [5.74, 6) is 0.812. The summed E-state index contributed by atoms with van der Waals surface area (Å²) in [4.78, 5) is 4.61. The third-order valence-corrected chi connectivity index (χ3v) is 15.1. The molecule has 0 unspecified atom stereocenters. The smallest absolute Gasteiger partial charge is 0.0991 e. The maximum Gasteiger partial charge on any atom is 0.0991 e. The lowest BCUT2D eigenvalue weighted by Gasteiger charge is -2.36. The Bertz CT molecular complexity index is 3920. The predicted molar refractivity (Wildman–Crippen MR) is 303 cm³/mol. The van der Waals surface area contributed by atoms with Crippen molar-refractivity contribution in [2.75, 3.05) is 9.80 Å². The highest BCUT2D eigenvalue weighted by Crippen LogP contribution is 2.62. The van der Waals surface area contributed by atoms with Crippen molar-refractivity contribution in [3.8, 4) is 23.3 Å². The van der Waals surface area contributed by atoms with Crippen molar-refractivity contribution in [3.05, 3.63) is 275 Å². The largest absolute Gasteiger partial charge is 0.310 e. The van der Waals surface area contributed by atoms with Crippen LogP contribution in [-0.4, -0.2) is 0 Å².